The topological polar surface area (TPSA) is 57.2 Å². The van der Waals surface area contributed by atoms with Gasteiger partial charge in [-0.3, -0.25) is 4.79 Å². The molecule has 0 atom stereocenters. The van der Waals surface area contributed by atoms with Crippen LogP contribution < -0.4 is 15.9 Å². The number of rotatable bonds is 2. The van der Waals surface area contributed by atoms with Crippen molar-refractivity contribution in [1.82, 2.24) is 4.57 Å². The second kappa shape index (κ2) is 4.56. The number of pyridine rings is 1. The number of hydrogen-bond acceptors (Lipinski definition) is 3. The molecule has 4 nitrogen and oxygen atoms in total. The summed E-state index contributed by atoms with van der Waals surface area (Å²) in [7, 11) is 1.58. The molecule has 0 aliphatic rings. The molecule has 0 aliphatic carbocycles. The average molecular weight is 244 g/mol. The number of nitrogen functional groups attached to an aromatic ring is 1. The summed E-state index contributed by atoms with van der Waals surface area (Å²) in [6.45, 7) is 3.80. The van der Waals surface area contributed by atoms with Gasteiger partial charge in [-0.2, -0.15) is 0 Å². The van der Waals surface area contributed by atoms with Crippen LogP contribution in [0.4, 0.5) is 5.69 Å². The maximum absolute atomic E-state index is 11.4. The third-order valence-corrected chi connectivity index (χ3v) is 2.88. The van der Waals surface area contributed by atoms with Crippen molar-refractivity contribution in [3.05, 3.63) is 51.9 Å². The summed E-state index contributed by atoms with van der Waals surface area (Å²) in [5.41, 5.74) is 9.10. The fourth-order valence-corrected chi connectivity index (χ4v) is 2.11. The summed E-state index contributed by atoms with van der Waals surface area (Å²) in [6, 6.07) is 8.78. The molecule has 0 radical (unpaired) electrons. The molecule has 0 unspecified atom stereocenters. The second-order valence-electron chi connectivity index (χ2n) is 4.24. The van der Waals surface area contributed by atoms with Crippen LogP contribution in [0.5, 0.6) is 5.75 Å². The summed E-state index contributed by atoms with van der Waals surface area (Å²) in [5, 5.41) is 0. The van der Waals surface area contributed by atoms with Gasteiger partial charge in [0.1, 0.15) is 5.75 Å². The van der Waals surface area contributed by atoms with Crippen LogP contribution in [0.25, 0.3) is 5.69 Å². The van der Waals surface area contributed by atoms with Crippen molar-refractivity contribution in [2.24, 2.45) is 0 Å². The van der Waals surface area contributed by atoms with Crippen molar-refractivity contribution in [2.75, 3.05) is 12.8 Å². The van der Waals surface area contributed by atoms with Gasteiger partial charge in [0, 0.05) is 35.3 Å². The lowest BCUT2D eigenvalue weighted by Gasteiger charge is -2.15. The molecule has 0 amide bonds. The predicted octanol–water partition coefficient (Wildman–Crippen LogP) is 2.05. The summed E-state index contributed by atoms with van der Waals surface area (Å²) in [4.78, 5) is 11.4. The molecule has 0 saturated carbocycles. The molecule has 94 valence electrons. The number of ether oxygens (including phenoxy) is 1. The molecular weight excluding hydrogens is 228 g/mol. The van der Waals surface area contributed by atoms with Crippen LogP contribution in [0.3, 0.4) is 0 Å². The molecule has 1 aromatic carbocycles. The van der Waals surface area contributed by atoms with Crippen LogP contribution in [-0.2, 0) is 0 Å². The summed E-state index contributed by atoms with van der Waals surface area (Å²) < 4.78 is 7.20. The monoisotopic (exact) mass is 244 g/mol. The first-order chi connectivity index (χ1) is 8.52. The lowest BCUT2D eigenvalue weighted by molar-refractivity contribution is 0.417. The van der Waals surface area contributed by atoms with Crippen LogP contribution in [0.1, 0.15) is 11.4 Å². The maximum atomic E-state index is 11.4. The van der Waals surface area contributed by atoms with Crippen LogP contribution >= 0.6 is 0 Å². The standard InChI is InChI=1S/C14H16N2O2/c1-9-6-12(17)7-10(2)16(9)11-4-5-13(15)14(8-11)18-3/h4-8H,15H2,1-3H3. The predicted molar refractivity (Wildman–Crippen MR) is 72.5 cm³/mol. The Morgan fingerprint density at radius 3 is 2.28 bits per heavy atom. The van der Waals surface area contributed by atoms with Gasteiger partial charge in [0.25, 0.3) is 0 Å². The number of aromatic nitrogens is 1. The van der Waals surface area contributed by atoms with Gasteiger partial charge >= 0.3 is 0 Å². The van der Waals surface area contributed by atoms with E-state index >= 15 is 0 Å². The zero-order valence-electron chi connectivity index (χ0n) is 10.7. The zero-order valence-corrected chi connectivity index (χ0v) is 10.7. The van der Waals surface area contributed by atoms with Gasteiger partial charge in [-0.05, 0) is 26.0 Å². The lowest BCUT2D eigenvalue weighted by atomic mass is 10.2. The zero-order chi connectivity index (χ0) is 13.3. The lowest BCUT2D eigenvalue weighted by Crippen LogP contribution is -2.11. The largest absolute Gasteiger partial charge is 0.495 e. The van der Waals surface area contributed by atoms with Gasteiger partial charge in [-0.15, -0.1) is 0 Å². The van der Waals surface area contributed by atoms with Gasteiger partial charge in [-0.25, -0.2) is 0 Å². The van der Waals surface area contributed by atoms with Crippen molar-refractivity contribution in [3.63, 3.8) is 0 Å². The van der Waals surface area contributed by atoms with E-state index in [9.17, 15) is 4.79 Å². The van der Waals surface area contributed by atoms with Gasteiger partial charge in [0.2, 0.25) is 0 Å². The number of nitrogens with two attached hydrogens (primary N) is 1. The third-order valence-electron chi connectivity index (χ3n) is 2.88. The van der Waals surface area contributed by atoms with E-state index in [1.807, 2.05) is 30.5 Å². The molecule has 0 aliphatic heterocycles. The molecule has 0 saturated heterocycles. The normalized spacial score (nSPS) is 10.4. The maximum Gasteiger partial charge on any atom is 0.182 e. The Morgan fingerprint density at radius 1 is 1.11 bits per heavy atom. The van der Waals surface area contributed by atoms with E-state index in [4.69, 9.17) is 10.5 Å². The molecule has 4 heteroatoms. The van der Waals surface area contributed by atoms with Crippen LogP contribution in [0.15, 0.2) is 35.1 Å². The highest BCUT2D eigenvalue weighted by Crippen LogP contribution is 2.25. The Balaban J connectivity index is 2.66. The molecule has 2 aromatic rings. The summed E-state index contributed by atoms with van der Waals surface area (Å²) in [6.07, 6.45) is 0. The van der Waals surface area contributed by atoms with E-state index < -0.39 is 0 Å². The minimum absolute atomic E-state index is 0.0173. The van der Waals surface area contributed by atoms with E-state index in [0.29, 0.717) is 11.4 Å². The highest BCUT2D eigenvalue weighted by Gasteiger charge is 2.07. The first-order valence-corrected chi connectivity index (χ1v) is 5.67. The van der Waals surface area contributed by atoms with Gasteiger partial charge < -0.3 is 15.0 Å². The number of methoxy groups -OCH3 is 1. The molecule has 2 rings (SSSR count). The Labute approximate surface area is 106 Å². The fraction of sp³-hybridized carbons (Fsp3) is 0.214. The van der Waals surface area contributed by atoms with Gasteiger partial charge in [0.15, 0.2) is 5.43 Å². The van der Waals surface area contributed by atoms with E-state index in [1.165, 1.54) is 0 Å². The Hall–Kier alpha value is -2.23. The number of nitrogens with zero attached hydrogens (tertiary/aromatic N) is 1. The Morgan fingerprint density at radius 2 is 1.72 bits per heavy atom. The second-order valence-corrected chi connectivity index (χ2v) is 4.24. The van der Waals surface area contributed by atoms with Crippen LogP contribution in [0.2, 0.25) is 0 Å². The minimum atomic E-state index is 0.0173. The Kier molecular flexibility index (Phi) is 3.10. The number of aryl methyl sites for hydroxylation is 2. The van der Waals surface area contributed by atoms with Crippen molar-refractivity contribution in [2.45, 2.75) is 13.8 Å². The van der Waals surface area contributed by atoms with Crippen LogP contribution in [0, 0.1) is 13.8 Å². The SMILES string of the molecule is COc1cc(-n2c(C)cc(=O)cc2C)ccc1N. The fourth-order valence-electron chi connectivity index (χ4n) is 2.11. The number of anilines is 1. The van der Waals surface area contributed by atoms with E-state index in [1.54, 1.807) is 25.3 Å². The average Bonchev–Trinajstić information content (AvgIpc) is 2.30. The first-order valence-electron chi connectivity index (χ1n) is 5.67. The van der Waals surface area contributed by atoms with Gasteiger partial charge in [-0.1, -0.05) is 0 Å². The number of benzene rings is 1. The van der Waals surface area contributed by atoms with Crippen molar-refractivity contribution in [3.8, 4) is 11.4 Å². The highest BCUT2D eigenvalue weighted by atomic mass is 16.5. The Bertz CT molecular complexity index is 618. The number of hydrogen-bond donors (Lipinski definition) is 1. The quantitative estimate of drug-likeness (QED) is 0.822. The van der Waals surface area contributed by atoms with E-state index in [-0.39, 0.29) is 5.43 Å². The van der Waals surface area contributed by atoms with Crippen molar-refractivity contribution >= 4 is 5.69 Å². The molecule has 2 N–H and O–H groups in total. The smallest absolute Gasteiger partial charge is 0.182 e. The molecule has 0 spiro atoms. The molecule has 0 bridgehead atoms. The van der Waals surface area contributed by atoms with E-state index in [0.717, 1.165) is 17.1 Å². The van der Waals surface area contributed by atoms with Crippen molar-refractivity contribution in [1.29, 1.82) is 0 Å². The minimum Gasteiger partial charge on any atom is -0.495 e. The summed E-state index contributed by atoms with van der Waals surface area (Å²) in [5.74, 6) is 0.630. The first kappa shape index (κ1) is 12.2. The van der Waals surface area contributed by atoms with Crippen LogP contribution in [-0.4, -0.2) is 11.7 Å². The molecule has 1 heterocycles. The molecule has 1 aromatic heterocycles. The molecule has 18 heavy (non-hydrogen) atoms. The highest BCUT2D eigenvalue weighted by molar-refractivity contribution is 5.58. The van der Waals surface area contributed by atoms with Crippen molar-refractivity contribution < 1.29 is 4.74 Å². The molecular formula is C14H16N2O2. The molecule has 0 fully saturated rings. The van der Waals surface area contributed by atoms with Gasteiger partial charge in [0.05, 0.1) is 12.8 Å². The van der Waals surface area contributed by atoms with E-state index in [2.05, 4.69) is 0 Å². The summed E-state index contributed by atoms with van der Waals surface area (Å²) >= 11 is 0. The third kappa shape index (κ3) is 2.09.